The number of piperazine rings is 1. The van der Waals surface area contributed by atoms with Gasteiger partial charge in [-0.1, -0.05) is 6.07 Å². The minimum Gasteiger partial charge on any atom is -0.497 e. The highest BCUT2D eigenvalue weighted by Crippen LogP contribution is 2.29. The van der Waals surface area contributed by atoms with Gasteiger partial charge in [0.1, 0.15) is 5.75 Å². The Labute approximate surface area is 178 Å². The van der Waals surface area contributed by atoms with Crippen molar-refractivity contribution in [3.63, 3.8) is 0 Å². The van der Waals surface area contributed by atoms with Crippen LogP contribution in [0.1, 0.15) is 18.4 Å². The molecule has 4 rings (SSSR count). The van der Waals surface area contributed by atoms with Crippen molar-refractivity contribution in [1.82, 2.24) is 15.2 Å². The predicted molar refractivity (Wildman–Crippen MR) is 119 cm³/mol. The maximum Gasteiger partial charge on any atom is 0.213 e. The van der Waals surface area contributed by atoms with Gasteiger partial charge in [-0.15, -0.1) is 0 Å². The van der Waals surface area contributed by atoms with Crippen LogP contribution in [0.3, 0.4) is 0 Å². The van der Waals surface area contributed by atoms with Crippen LogP contribution in [0, 0.1) is 5.92 Å². The molecule has 2 aliphatic rings. The summed E-state index contributed by atoms with van der Waals surface area (Å²) in [5, 5.41) is 3.49. The Balaban J connectivity index is 1.28. The highest BCUT2D eigenvalue weighted by Gasteiger charge is 2.22. The molecule has 0 bridgehead atoms. The number of anilines is 1. The number of benzene rings is 1. The number of aliphatic imine (C=N–C) groups is 1. The quantitative estimate of drug-likeness (QED) is 0.561. The van der Waals surface area contributed by atoms with E-state index in [1.807, 2.05) is 37.5 Å². The van der Waals surface area contributed by atoms with Crippen LogP contribution in [0.25, 0.3) is 0 Å². The van der Waals surface area contributed by atoms with Crippen LogP contribution in [0.5, 0.6) is 11.6 Å². The summed E-state index contributed by atoms with van der Waals surface area (Å²) < 4.78 is 11.2. The fraction of sp³-hybridized carbons (Fsp3) is 0.478. The summed E-state index contributed by atoms with van der Waals surface area (Å²) in [4.78, 5) is 13.5. The van der Waals surface area contributed by atoms with Gasteiger partial charge in [0.25, 0.3) is 0 Å². The summed E-state index contributed by atoms with van der Waals surface area (Å²) in [7, 11) is 3.55. The van der Waals surface area contributed by atoms with Gasteiger partial charge in [0, 0.05) is 63.8 Å². The molecule has 2 aromatic rings. The minimum absolute atomic E-state index is 0.699. The molecule has 0 amide bonds. The maximum absolute atomic E-state index is 5.80. The number of rotatable bonds is 7. The summed E-state index contributed by atoms with van der Waals surface area (Å²) in [6.07, 6.45) is 4.38. The van der Waals surface area contributed by atoms with Crippen molar-refractivity contribution >= 4 is 11.6 Å². The molecule has 1 aromatic heterocycles. The van der Waals surface area contributed by atoms with Crippen LogP contribution in [-0.2, 0) is 6.54 Å². The molecule has 1 saturated carbocycles. The molecule has 1 saturated heterocycles. The fourth-order valence-corrected chi connectivity index (χ4v) is 3.62. The highest BCUT2D eigenvalue weighted by molar-refractivity contribution is 5.80. The highest BCUT2D eigenvalue weighted by atomic mass is 16.5. The van der Waals surface area contributed by atoms with E-state index in [0.717, 1.165) is 56.0 Å². The molecule has 1 N–H and O–H groups in total. The smallest absolute Gasteiger partial charge is 0.213 e. The monoisotopic (exact) mass is 409 g/mol. The SMILES string of the molecule is CN=C(NCc1ccnc(OCC2CC2)c1)N1CCN(c2cccc(OC)c2)CC1. The molecule has 2 fully saturated rings. The number of methoxy groups -OCH3 is 1. The van der Waals surface area contributed by atoms with Gasteiger partial charge in [-0.05, 0) is 42.5 Å². The number of nitrogens with one attached hydrogen (secondary N) is 1. The first-order valence-electron chi connectivity index (χ1n) is 10.7. The molecule has 0 atom stereocenters. The van der Waals surface area contributed by atoms with E-state index in [0.29, 0.717) is 12.4 Å². The first-order valence-corrected chi connectivity index (χ1v) is 10.7. The van der Waals surface area contributed by atoms with Gasteiger partial charge in [-0.3, -0.25) is 4.99 Å². The van der Waals surface area contributed by atoms with Crippen molar-refractivity contribution in [3.05, 3.63) is 48.2 Å². The summed E-state index contributed by atoms with van der Waals surface area (Å²) >= 11 is 0. The van der Waals surface area contributed by atoms with Crippen molar-refractivity contribution in [3.8, 4) is 11.6 Å². The van der Waals surface area contributed by atoms with Gasteiger partial charge < -0.3 is 24.6 Å². The Kier molecular flexibility index (Phi) is 6.57. The molecule has 1 aliphatic heterocycles. The van der Waals surface area contributed by atoms with E-state index in [4.69, 9.17) is 9.47 Å². The van der Waals surface area contributed by atoms with E-state index in [1.54, 1.807) is 7.11 Å². The van der Waals surface area contributed by atoms with Gasteiger partial charge in [0.2, 0.25) is 5.88 Å². The Bertz CT molecular complexity index is 860. The zero-order valence-electron chi connectivity index (χ0n) is 17.9. The Hall–Kier alpha value is -2.96. The second-order valence-corrected chi connectivity index (χ2v) is 7.83. The van der Waals surface area contributed by atoms with Gasteiger partial charge >= 0.3 is 0 Å². The molecular weight excluding hydrogens is 378 g/mol. The fourth-order valence-electron chi connectivity index (χ4n) is 3.62. The van der Waals surface area contributed by atoms with Crippen LogP contribution in [0.15, 0.2) is 47.6 Å². The molecule has 1 aromatic carbocycles. The third kappa shape index (κ3) is 5.34. The lowest BCUT2D eigenvalue weighted by Gasteiger charge is -2.37. The number of ether oxygens (including phenoxy) is 2. The number of aromatic nitrogens is 1. The average Bonchev–Trinajstić information content (AvgIpc) is 3.63. The maximum atomic E-state index is 5.80. The molecule has 7 heteroatoms. The summed E-state index contributed by atoms with van der Waals surface area (Å²) in [6.45, 7) is 5.21. The summed E-state index contributed by atoms with van der Waals surface area (Å²) in [6, 6.07) is 12.3. The van der Waals surface area contributed by atoms with Crippen molar-refractivity contribution in [2.24, 2.45) is 10.9 Å². The lowest BCUT2D eigenvalue weighted by atomic mass is 10.2. The predicted octanol–water partition coefficient (Wildman–Crippen LogP) is 2.78. The summed E-state index contributed by atoms with van der Waals surface area (Å²) in [5.41, 5.74) is 2.35. The van der Waals surface area contributed by atoms with Crippen LogP contribution in [-0.4, -0.2) is 62.8 Å². The molecule has 0 spiro atoms. The van der Waals surface area contributed by atoms with Crippen LogP contribution in [0.4, 0.5) is 5.69 Å². The molecule has 0 unspecified atom stereocenters. The average molecular weight is 410 g/mol. The lowest BCUT2D eigenvalue weighted by molar-refractivity contribution is 0.288. The number of hydrogen-bond acceptors (Lipinski definition) is 5. The molecule has 2 heterocycles. The summed E-state index contributed by atoms with van der Waals surface area (Å²) in [5.74, 6) is 3.26. The first-order chi connectivity index (χ1) is 14.7. The van der Waals surface area contributed by atoms with Crippen molar-refractivity contribution < 1.29 is 9.47 Å². The van der Waals surface area contributed by atoms with Gasteiger partial charge in [-0.2, -0.15) is 0 Å². The topological polar surface area (TPSA) is 62.2 Å². The Morgan fingerprint density at radius 1 is 1.17 bits per heavy atom. The van der Waals surface area contributed by atoms with E-state index in [1.165, 1.54) is 18.5 Å². The number of guanidine groups is 1. The van der Waals surface area contributed by atoms with Crippen LogP contribution in [0.2, 0.25) is 0 Å². The second kappa shape index (κ2) is 9.69. The number of pyridine rings is 1. The Morgan fingerprint density at radius 3 is 2.73 bits per heavy atom. The van der Waals surface area contributed by atoms with Crippen molar-refractivity contribution in [1.29, 1.82) is 0 Å². The van der Waals surface area contributed by atoms with Crippen LogP contribution < -0.4 is 19.7 Å². The molecule has 7 nitrogen and oxygen atoms in total. The number of hydrogen-bond donors (Lipinski definition) is 1. The van der Waals surface area contributed by atoms with E-state index >= 15 is 0 Å². The van der Waals surface area contributed by atoms with Crippen molar-refractivity contribution in [2.75, 3.05) is 51.8 Å². The molecule has 30 heavy (non-hydrogen) atoms. The number of nitrogens with zero attached hydrogens (tertiary/aromatic N) is 4. The zero-order valence-corrected chi connectivity index (χ0v) is 17.9. The van der Waals surface area contributed by atoms with Crippen molar-refractivity contribution in [2.45, 2.75) is 19.4 Å². The second-order valence-electron chi connectivity index (χ2n) is 7.83. The third-order valence-electron chi connectivity index (χ3n) is 5.62. The standard InChI is InChI=1S/C23H31N5O2/c1-24-23(26-16-19-8-9-25-22(14-19)30-17-18-6-7-18)28-12-10-27(11-13-28)20-4-3-5-21(15-20)29-2/h3-5,8-9,14-15,18H,6-7,10-13,16-17H2,1-2H3,(H,24,26). The minimum atomic E-state index is 0.699. The van der Waals surface area contributed by atoms with Crippen LogP contribution >= 0.6 is 0 Å². The van der Waals surface area contributed by atoms with Gasteiger partial charge in [-0.25, -0.2) is 4.98 Å². The van der Waals surface area contributed by atoms with E-state index in [-0.39, 0.29) is 0 Å². The van der Waals surface area contributed by atoms with E-state index < -0.39 is 0 Å². The largest absolute Gasteiger partial charge is 0.497 e. The first kappa shape index (κ1) is 20.3. The van der Waals surface area contributed by atoms with E-state index in [2.05, 4.69) is 37.2 Å². The van der Waals surface area contributed by atoms with Gasteiger partial charge in [0.05, 0.1) is 13.7 Å². The molecule has 0 radical (unpaired) electrons. The van der Waals surface area contributed by atoms with Gasteiger partial charge in [0.15, 0.2) is 5.96 Å². The molecular formula is C23H31N5O2. The van der Waals surface area contributed by atoms with E-state index in [9.17, 15) is 0 Å². The zero-order chi connectivity index (χ0) is 20.8. The molecule has 160 valence electrons. The Morgan fingerprint density at radius 2 is 2.00 bits per heavy atom. The third-order valence-corrected chi connectivity index (χ3v) is 5.62. The molecule has 1 aliphatic carbocycles. The normalized spacial score (nSPS) is 17.1. The lowest BCUT2D eigenvalue weighted by Crippen LogP contribution is -2.52.